The Kier molecular flexibility index (Phi) is 5.16. The highest BCUT2D eigenvalue weighted by Gasteiger charge is 2.04. The molecule has 1 heterocycles. The van der Waals surface area contributed by atoms with E-state index in [-0.39, 0.29) is 5.78 Å². The van der Waals surface area contributed by atoms with Crippen LogP contribution in [0, 0.1) is 6.92 Å². The van der Waals surface area contributed by atoms with Crippen molar-refractivity contribution in [1.82, 2.24) is 0 Å². The van der Waals surface area contributed by atoms with Gasteiger partial charge in [-0.1, -0.05) is 12.1 Å². The van der Waals surface area contributed by atoms with Crippen molar-refractivity contribution in [3.63, 3.8) is 0 Å². The summed E-state index contributed by atoms with van der Waals surface area (Å²) in [5.74, 6) is 1.10. The number of rotatable bonds is 7. The quantitative estimate of drug-likeness (QED) is 0.762. The molecular formula is C16H18O2S. The normalized spacial score (nSPS) is 10.4. The Bertz CT molecular complexity index is 517. The van der Waals surface area contributed by atoms with Gasteiger partial charge in [-0.25, -0.2) is 0 Å². The van der Waals surface area contributed by atoms with Gasteiger partial charge in [-0.3, -0.25) is 4.79 Å². The molecule has 1 aromatic carbocycles. The zero-order chi connectivity index (χ0) is 13.5. The molecule has 0 radical (unpaired) electrons. The molecule has 0 bridgehead atoms. The van der Waals surface area contributed by atoms with Gasteiger partial charge in [0.25, 0.3) is 0 Å². The molecule has 0 amide bonds. The number of carbonyl (C=O) groups is 1. The van der Waals surface area contributed by atoms with E-state index in [1.807, 2.05) is 36.6 Å². The number of aryl methyl sites for hydroxylation is 2. The summed E-state index contributed by atoms with van der Waals surface area (Å²) in [7, 11) is 0. The molecule has 0 atom stereocenters. The molecule has 19 heavy (non-hydrogen) atoms. The number of carbonyl (C=O) groups excluding carboxylic acids is 1. The van der Waals surface area contributed by atoms with Crippen LogP contribution < -0.4 is 4.74 Å². The van der Waals surface area contributed by atoms with Crippen LogP contribution in [0.25, 0.3) is 0 Å². The van der Waals surface area contributed by atoms with Gasteiger partial charge in [0, 0.05) is 12.8 Å². The molecule has 3 heteroatoms. The first-order chi connectivity index (χ1) is 9.24. The van der Waals surface area contributed by atoms with Gasteiger partial charge in [-0.15, -0.1) is 0 Å². The van der Waals surface area contributed by atoms with Crippen molar-refractivity contribution in [2.75, 3.05) is 6.61 Å². The first-order valence-electron chi connectivity index (χ1n) is 6.46. The molecule has 0 fully saturated rings. The smallest absolute Gasteiger partial charge is 0.136 e. The Labute approximate surface area is 118 Å². The van der Waals surface area contributed by atoms with Crippen molar-refractivity contribution < 1.29 is 9.53 Å². The molecule has 100 valence electrons. The zero-order valence-electron chi connectivity index (χ0n) is 11.1. The van der Waals surface area contributed by atoms with Crippen molar-refractivity contribution in [3.05, 3.63) is 52.2 Å². The fraction of sp³-hybridized carbons (Fsp3) is 0.312. The lowest BCUT2D eigenvalue weighted by Crippen LogP contribution is -2.07. The topological polar surface area (TPSA) is 26.3 Å². The highest BCUT2D eigenvalue weighted by atomic mass is 32.1. The van der Waals surface area contributed by atoms with Crippen LogP contribution >= 0.6 is 11.3 Å². The maximum absolute atomic E-state index is 11.7. The predicted molar refractivity (Wildman–Crippen MR) is 78.9 cm³/mol. The van der Waals surface area contributed by atoms with Gasteiger partial charge in [-0.2, -0.15) is 11.3 Å². The Morgan fingerprint density at radius 2 is 2.16 bits per heavy atom. The van der Waals surface area contributed by atoms with E-state index in [2.05, 4.69) is 11.4 Å². The van der Waals surface area contributed by atoms with E-state index in [1.165, 1.54) is 11.1 Å². The average molecular weight is 274 g/mol. The molecule has 0 N–H and O–H groups in total. The lowest BCUT2D eigenvalue weighted by Gasteiger charge is -2.06. The van der Waals surface area contributed by atoms with E-state index in [0.717, 1.165) is 12.2 Å². The van der Waals surface area contributed by atoms with Gasteiger partial charge >= 0.3 is 0 Å². The maximum atomic E-state index is 11.7. The second-order valence-electron chi connectivity index (χ2n) is 4.59. The second kappa shape index (κ2) is 7.10. The summed E-state index contributed by atoms with van der Waals surface area (Å²) in [6.45, 7) is 2.49. The fourth-order valence-electron chi connectivity index (χ4n) is 1.83. The minimum atomic E-state index is 0.263. The molecule has 1 aromatic heterocycles. The van der Waals surface area contributed by atoms with Gasteiger partial charge in [0.15, 0.2) is 0 Å². The van der Waals surface area contributed by atoms with Crippen LogP contribution in [0.4, 0.5) is 0 Å². The summed E-state index contributed by atoms with van der Waals surface area (Å²) >= 11 is 1.67. The van der Waals surface area contributed by atoms with Gasteiger partial charge in [0.2, 0.25) is 0 Å². The second-order valence-corrected chi connectivity index (χ2v) is 5.37. The predicted octanol–water partition coefficient (Wildman–Crippen LogP) is 4.03. The molecule has 0 aliphatic rings. The van der Waals surface area contributed by atoms with Crippen LogP contribution in [0.1, 0.15) is 24.0 Å². The van der Waals surface area contributed by atoms with E-state index >= 15 is 0 Å². The molecule has 2 rings (SSSR count). The minimum absolute atomic E-state index is 0.263. The van der Waals surface area contributed by atoms with Crippen LogP contribution in [0.15, 0.2) is 41.1 Å². The third-order valence-corrected chi connectivity index (χ3v) is 3.64. The Morgan fingerprint density at radius 3 is 2.89 bits per heavy atom. The molecule has 0 saturated carbocycles. The van der Waals surface area contributed by atoms with E-state index in [1.54, 1.807) is 11.3 Å². The van der Waals surface area contributed by atoms with E-state index in [0.29, 0.717) is 19.4 Å². The summed E-state index contributed by atoms with van der Waals surface area (Å²) in [4.78, 5) is 11.7. The summed E-state index contributed by atoms with van der Waals surface area (Å²) in [5, 5.41) is 4.14. The fourth-order valence-corrected chi connectivity index (χ4v) is 2.53. The summed E-state index contributed by atoms with van der Waals surface area (Å²) in [6.07, 6.45) is 1.93. The number of hydrogen-bond donors (Lipinski definition) is 0. The number of benzene rings is 1. The first kappa shape index (κ1) is 13.8. The number of thiophene rings is 1. The van der Waals surface area contributed by atoms with E-state index in [9.17, 15) is 4.79 Å². The van der Waals surface area contributed by atoms with E-state index < -0.39 is 0 Å². The van der Waals surface area contributed by atoms with Crippen LogP contribution in [-0.4, -0.2) is 12.4 Å². The standard InChI is InChI=1S/C16H18O2S/c1-13-3-2-4-16(11-13)18-9-7-15(17)6-5-14-8-10-19-12-14/h2-4,8,10-12H,5-7,9H2,1H3. The molecule has 0 saturated heterocycles. The monoisotopic (exact) mass is 274 g/mol. The molecule has 0 spiro atoms. The van der Waals surface area contributed by atoms with Crippen LogP contribution in [0.2, 0.25) is 0 Å². The van der Waals surface area contributed by atoms with Crippen LogP contribution in [0.3, 0.4) is 0 Å². The van der Waals surface area contributed by atoms with Crippen molar-refractivity contribution in [3.8, 4) is 5.75 Å². The average Bonchev–Trinajstić information content (AvgIpc) is 2.89. The number of ketones is 1. The largest absolute Gasteiger partial charge is 0.493 e. The molecule has 0 unspecified atom stereocenters. The summed E-state index contributed by atoms with van der Waals surface area (Å²) in [6, 6.07) is 9.96. The summed E-state index contributed by atoms with van der Waals surface area (Å²) < 4.78 is 5.58. The molecule has 0 aliphatic carbocycles. The van der Waals surface area contributed by atoms with Crippen molar-refractivity contribution in [2.45, 2.75) is 26.2 Å². The lowest BCUT2D eigenvalue weighted by molar-refractivity contribution is -0.119. The number of ether oxygens (including phenoxy) is 1. The number of hydrogen-bond acceptors (Lipinski definition) is 3. The minimum Gasteiger partial charge on any atom is -0.493 e. The number of Topliss-reactive ketones (excluding diaryl/α,β-unsaturated/α-hetero) is 1. The van der Waals surface area contributed by atoms with Gasteiger partial charge in [0.05, 0.1) is 6.61 Å². The molecule has 0 aliphatic heterocycles. The molecule has 2 aromatic rings. The Balaban J connectivity index is 1.66. The molecular weight excluding hydrogens is 256 g/mol. The van der Waals surface area contributed by atoms with Crippen molar-refractivity contribution >= 4 is 17.1 Å². The highest BCUT2D eigenvalue weighted by Crippen LogP contribution is 2.13. The zero-order valence-corrected chi connectivity index (χ0v) is 11.9. The Morgan fingerprint density at radius 1 is 1.26 bits per heavy atom. The summed E-state index contributed by atoms with van der Waals surface area (Å²) in [5.41, 5.74) is 2.42. The first-order valence-corrected chi connectivity index (χ1v) is 7.40. The van der Waals surface area contributed by atoms with Crippen LogP contribution in [-0.2, 0) is 11.2 Å². The van der Waals surface area contributed by atoms with Crippen LogP contribution in [0.5, 0.6) is 5.75 Å². The van der Waals surface area contributed by atoms with Gasteiger partial charge in [0.1, 0.15) is 11.5 Å². The van der Waals surface area contributed by atoms with Crippen molar-refractivity contribution in [1.29, 1.82) is 0 Å². The molecule has 2 nitrogen and oxygen atoms in total. The lowest BCUT2D eigenvalue weighted by atomic mass is 10.1. The SMILES string of the molecule is Cc1cccc(OCCC(=O)CCc2ccsc2)c1. The van der Waals surface area contributed by atoms with Gasteiger partial charge < -0.3 is 4.74 Å². The van der Waals surface area contributed by atoms with Gasteiger partial charge in [-0.05, 0) is 53.4 Å². The van der Waals surface area contributed by atoms with E-state index in [4.69, 9.17) is 4.74 Å². The third-order valence-electron chi connectivity index (χ3n) is 2.91. The highest BCUT2D eigenvalue weighted by molar-refractivity contribution is 7.07. The Hall–Kier alpha value is -1.61. The van der Waals surface area contributed by atoms with Crippen molar-refractivity contribution in [2.24, 2.45) is 0 Å². The third kappa shape index (κ3) is 4.87. The maximum Gasteiger partial charge on any atom is 0.136 e.